The molecule has 0 atom stereocenters. The van der Waals surface area contributed by atoms with E-state index >= 15 is 0 Å². The molecule has 10 heteroatoms. The summed E-state index contributed by atoms with van der Waals surface area (Å²) in [5, 5.41) is 2.27. The van der Waals surface area contributed by atoms with Crippen molar-refractivity contribution in [2.75, 3.05) is 5.32 Å². The van der Waals surface area contributed by atoms with E-state index in [1.807, 2.05) is 0 Å². The van der Waals surface area contributed by atoms with Gasteiger partial charge in [0.2, 0.25) is 5.88 Å². The highest BCUT2D eigenvalue weighted by atomic mass is 19.4. The second kappa shape index (κ2) is 8.05. The Morgan fingerprint density at radius 3 is 2.17 bits per heavy atom. The summed E-state index contributed by atoms with van der Waals surface area (Å²) >= 11 is 0. The maximum Gasteiger partial charge on any atom is 0.421 e. The Bertz CT molecular complexity index is 1070. The average Bonchev–Trinajstić information content (AvgIpc) is 2.63. The van der Waals surface area contributed by atoms with E-state index in [4.69, 9.17) is 4.74 Å². The lowest BCUT2D eigenvalue weighted by atomic mass is 10.1. The molecule has 30 heavy (non-hydrogen) atoms. The summed E-state index contributed by atoms with van der Waals surface area (Å²) < 4.78 is 84.9. The van der Waals surface area contributed by atoms with Crippen molar-refractivity contribution in [3.05, 3.63) is 82.8 Å². The van der Waals surface area contributed by atoms with Crippen molar-refractivity contribution in [1.82, 2.24) is 4.98 Å². The van der Waals surface area contributed by atoms with Gasteiger partial charge in [0, 0.05) is 5.69 Å². The topological polar surface area (TPSA) is 51.2 Å². The van der Waals surface area contributed by atoms with Gasteiger partial charge >= 0.3 is 6.18 Å². The third-order valence-electron chi connectivity index (χ3n) is 3.86. The lowest BCUT2D eigenvalue weighted by Gasteiger charge is -2.13. The maximum absolute atomic E-state index is 13.9. The quantitative estimate of drug-likeness (QED) is 0.531. The SMILES string of the molecule is Cc1cc(F)c(C(=O)Nc2ccc(Oc3ncc(F)cc3C(F)(F)F)cc2)c(F)c1. The Hall–Kier alpha value is -3.56. The number of hydrogen-bond donors (Lipinski definition) is 1. The zero-order chi connectivity index (χ0) is 22.1. The number of amides is 1. The first-order chi connectivity index (χ1) is 14.0. The Labute approximate surface area is 166 Å². The fourth-order valence-corrected chi connectivity index (χ4v) is 2.54. The highest BCUT2D eigenvalue weighted by Crippen LogP contribution is 2.37. The lowest BCUT2D eigenvalue weighted by molar-refractivity contribution is -0.139. The fourth-order valence-electron chi connectivity index (χ4n) is 2.54. The summed E-state index contributed by atoms with van der Waals surface area (Å²) in [6.07, 6.45) is -4.32. The predicted octanol–water partition coefficient (Wildman–Crippen LogP) is 5.87. The second-order valence-electron chi connectivity index (χ2n) is 6.19. The molecule has 0 saturated heterocycles. The molecule has 2 aromatic carbocycles. The normalized spacial score (nSPS) is 11.3. The van der Waals surface area contributed by atoms with Gasteiger partial charge in [-0.1, -0.05) is 0 Å². The molecule has 0 fully saturated rings. The number of aromatic nitrogens is 1. The minimum Gasteiger partial charge on any atom is -0.438 e. The zero-order valence-electron chi connectivity index (χ0n) is 15.2. The molecule has 0 radical (unpaired) electrons. The molecule has 0 saturated carbocycles. The van der Waals surface area contributed by atoms with E-state index in [2.05, 4.69) is 10.3 Å². The molecular weight excluding hydrogens is 414 g/mol. The number of anilines is 1. The molecule has 1 heterocycles. The summed E-state index contributed by atoms with van der Waals surface area (Å²) in [7, 11) is 0. The number of nitrogens with zero attached hydrogens (tertiary/aromatic N) is 1. The van der Waals surface area contributed by atoms with Gasteiger partial charge in [-0.05, 0) is 55.0 Å². The number of halogens is 6. The highest BCUT2D eigenvalue weighted by Gasteiger charge is 2.36. The number of carbonyl (C=O) groups is 1. The van der Waals surface area contributed by atoms with E-state index in [1.165, 1.54) is 31.2 Å². The van der Waals surface area contributed by atoms with Gasteiger partial charge in [-0.3, -0.25) is 4.79 Å². The number of hydrogen-bond acceptors (Lipinski definition) is 3. The van der Waals surface area contributed by atoms with E-state index in [1.54, 1.807) is 0 Å². The number of nitrogens with one attached hydrogen (secondary N) is 1. The molecule has 0 aliphatic carbocycles. The van der Waals surface area contributed by atoms with Crippen molar-refractivity contribution in [1.29, 1.82) is 0 Å². The van der Waals surface area contributed by atoms with Gasteiger partial charge in [0.25, 0.3) is 5.91 Å². The average molecular weight is 426 g/mol. The third kappa shape index (κ3) is 4.70. The molecule has 1 N–H and O–H groups in total. The Morgan fingerprint density at radius 2 is 1.60 bits per heavy atom. The molecule has 4 nitrogen and oxygen atoms in total. The summed E-state index contributed by atoms with van der Waals surface area (Å²) in [6, 6.07) is 7.14. The van der Waals surface area contributed by atoms with Crippen LogP contribution in [0.1, 0.15) is 21.5 Å². The van der Waals surface area contributed by atoms with Crippen molar-refractivity contribution in [2.24, 2.45) is 0 Å². The van der Waals surface area contributed by atoms with Crippen LogP contribution in [-0.4, -0.2) is 10.9 Å². The van der Waals surface area contributed by atoms with E-state index in [-0.39, 0.29) is 17.5 Å². The van der Waals surface area contributed by atoms with Gasteiger partial charge in [0.15, 0.2) is 0 Å². The molecule has 0 spiro atoms. The Balaban J connectivity index is 1.78. The monoisotopic (exact) mass is 426 g/mol. The molecule has 1 amide bonds. The fraction of sp³-hybridized carbons (Fsp3) is 0.100. The standard InChI is InChI=1S/C20H12F6N2O2/c1-10-6-15(22)17(16(23)7-10)18(29)28-12-2-4-13(5-3-12)30-19-14(20(24,25)26)8-11(21)9-27-19/h2-9H,1H3,(H,28,29). The first-order valence-electron chi connectivity index (χ1n) is 8.32. The van der Waals surface area contributed by atoms with E-state index in [0.717, 1.165) is 12.1 Å². The van der Waals surface area contributed by atoms with Crippen molar-refractivity contribution >= 4 is 11.6 Å². The molecule has 3 aromatic rings. The number of benzene rings is 2. The Morgan fingerprint density at radius 1 is 1.00 bits per heavy atom. The van der Waals surface area contributed by atoms with Crippen LogP contribution in [0.4, 0.5) is 32.0 Å². The molecule has 0 aliphatic heterocycles. The van der Waals surface area contributed by atoms with E-state index < -0.39 is 46.5 Å². The molecule has 0 unspecified atom stereocenters. The van der Waals surface area contributed by atoms with Crippen molar-refractivity contribution in [3.8, 4) is 11.6 Å². The van der Waals surface area contributed by atoms with Gasteiger partial charge < -0.3 is 10.1 Å². The van der Waals surface area contributed by atoms with Crippen LogP contribution in [0.3, 0.4) is 0 Å². The van der Waals surface area contributed by atoms with Crippen molar-refractivity contribution < 1.29 is 35.9 Å². The highest BCUT2D eigenvalue weighted by molar-refractivity contribution is 6.04. The summed E-state index contributed by atoms with van der Waals surface area (Å²) in [5.74, 6) is -5.24. The predicted molar refractivity (Wildman–Crippen MR) is 94.8 cm³/mol. The summed E-state index contributed by atoms with van der Waals surface area (Å²) in [5.41, 5.74) is -1.76. The minimum atomic E-state index is -4.89. The summed E-state index contributed by atoms with van der Waals surface area (Å²) in [4.78, 5) is 15.4. The van der Waals surface area contributed by atoms with Gasteiger partial charge in [-0.15, -0.1) is 0 Å². The van der Waals surface area contributed by atoms with E-state index in [9.17, 15) is 31.1 Å². The number of ether oxygens (including phenoxy) is 1. The first-order valence-corrected chi connectivity index (χ1v) is 8.32. The van der Waals surface area contributed by atoms with Crippen LogP contribution in [0.2, 0.25) is 0 Å². The van der Waals surface area contributed by atoms with Crippen LogP contribution in [-0.2, 0) is 6.18 Å². The molecule has 156 valence electrons. The first kappa shape index (κ1) is 21.2. The molecule has 1 aromatic heterocycles. The number of rotatable bonds is 4. The van der Waals surface area contributed by atoms with Gasteiger partial charge in [-0.25, -0.2) is 18.2 Å². The second-order valence-corrected chi connectivity index (χ2v) is 6.19. The van der Waals surface area contributed by atoms with Crippen LogP contribution < -0.4 is 10.1 Å². The van der Waals surface area contributed by atoms with Crippen LogP contribution in [0.25, 0.3) is 0 Å². The number of carbonyl (C=O) groups excluding carboxylic acids is 1. The van der Waals surface area contributed by atoms with Crippen LogP contribution in [0.5, 0.6) is 11.6 Å². The van der Waals surface area contributed by atoms with Crippen LogP contribution >= 0.6 is 0 Å². The maximum atomic E-state index is 13.9. The number of alkyl halides is 3. The largest absolute Gasteiger partial charge is 0.438 e. The van der Waals surface area contributed by atoms with Crippen LogP contribution in [0.15, 0.2) is 48.7 Å². The van der Waals surface area contributed by atoms with Gasteiger partial charge in [0.1, 0.15) is 34.3 Å². The molecular formula is C20H12F6N2O2. The Kier molecular flexibility index (Phi) is 5.68. The zero-order valence-corrected chi connectivity index (χ0v) is 15.2. The smallest absolute Gasteiger partial charge is 0.421 e. The number of pyridine rings is 1. The molecule has 0 bridgehead atoms. The van der Waals surface area contributed by atoms with Gasteiger partial charge in [0.05, 0.1) is 6.20 Å². The molecule has 3 rings (SSSR count). The number of aryl methyl sites for hydroxylation is 1. The summed E-state index contributed by atoms with van der Waals surface area (Å²) in [6.45, 7) is 1.47. The van der Waals surface area contributed by atoms with E-state index in [0.29, 0.717) is 11.8 Å². The third-order valence-corrected chi connectivity index (χ3v) is 3.86. The van der Waals surface area contributed by atoms with Crippen molar-refractivity contribution in [3.63, 3.8) is 0 Å². The molecule has 0 aliphatic rings. The lowest BCUT2D eigenvalue weighted by Crippen LogP contribution is -2.16. The minimum absolute atomic E-state index is 0.0923. The van der Waals surface area contributed by atoms with Crippen LogP contribution in [0, 0.1) is 24.4 Å². The van der Waals surface area contributed by atoms with Crippen molar-refractivity contribution in [2.45, 2.75) is 13.1 Å². The van der Waals surface area contributed by atoms with Gasteiger partial charge in [-0.2, -0.15) is 13.2 Å².